The minimum absolute atomic E-state index is 0.138. The highest BCUT2D eigenvalue weighted by molar-refractivity contribution is 5.42. The second-order valence-electron chi connectivity index (χ2n) is 8.58. The van der Waals surface area contributed by atoms with Gasteiger partial charge in [-0.25, -0.2) is 4.98 Å². The maximum absolute atomic E-state index is 6.19. The second-order valence-corrected chi connectivity index (χ2v) is 8.58. The summed E-state index contributed by atoms with van der Waals surface area (Å²) in [6, 6.07) is 4.94. The molecule has 2 aliphatic rings. The molecule has 0 spiro atoms. The first kappa shape index (κ1) is 19.9. The van der Waals surface area contributed by atoms with Crippen molar-refractivity contribution in [3.05, 3.63) is 24.2 Å². The summed E-state index contributed by atoms with van der Waals surface area (Å²) in [5.74, 6) is 3.35. The third-order valence-corrected chi connectivity index (χ3v) is 6.01. The summed E-state index contributed by atoms with van der Waals surface area (Å²) in [6.07, 6.45) is 5.07. The number of piperidine rings is 1. The lowest BCUT2D eigenvalue weighted by Gasteiger charge is -2.33. The Labute approximate surface area is 172 Å². The summed E-state index contributed by atoms with van der Waals surface area (Å²) in [5.41, 5.74) is 5.99. The fourth-order valence-electron chi connectivity index (χ4n) is 4.09. The molecule has 2 unspecified atom stereocenters. The molecule has 2 saturated heterocycles. The van der Waals surface area contributed by atoms with Gasteiger partial charge in [-0.05, 0) is 44.2 Å². The zero-order valence-corrected chi connectivity index (χ0v) is 17.6. The Morgan fingerprint density at radius 2 is 1.86 bits per heavy atom. The smallest absolute Gasteiger partial charge is 0.324 e. The Kier molecular flexibility index (Phi) is 5.89. The molecular formula is C21H32N6O2. The van der Waals surface area contributed by atoms with Crippen molar-refractivity contribution >= 4 is 11.8 Å². The van der Waals surface area contributed by atoms with Gasteiger partial charge >= 0.3 is 6.01 Å². The maximum atomic E-state index is 6.19. The summed E-state index contributed by atoms with van der Waals surface area (Å²) in [6.45, 7) is 9.96. The highest BCUT2D eigenvalue weighted by atomic mass is 16.5. The number of rotatable bonds is 6. The van der Waals surface area contributed by atoms with E-state index >= 15 is 0 Å². The first-order valence-corrected chi connectivity index (χ1v) is 10.7. The van der Waals surface area contributed by atoms with Crippen molar-refractivity contribution in [3.63, 3.8) is 0 Å². The molecule has 8 heteroatoms. The molecule has 2 aliphatic heterocycles. The van der Waals surface area contributed by atoms with E-state index < -0.39 is 0 Å². The van der Waals surface area contributed by atoms with Gasteiger partial charge in [0.15, 0.2) is 5.82 Å². The van der Waals surface area contributed by atoms with Crippen molar-refractivity contribution in [1.29, 1.82) is 0 Å². The third-order valence-electron chi connectivity index (χ3n) is 6.01. The number of nitrogens with zero attached hydrogens (tertiary/aromatic N) is 5. The van der Waals surface area contributed by atoms with Crippen LogP contribution in [0, 0.1) is 5.92 Å². The molecule has 8 nitrogen and oxygen atoms in total. The molecular weight excluding hydrogens is 368 g/mol. The van der Waals surface area contributed by atoms with Gasteiger partial charge in [0, 0.05) is 38.1 Å². The number of aromatic nitrogens is 3. The van der Waals surface area contributed by atoms with E-state index in [9.17, 15) is 0 Å². The van der Waals surface area contributed by atoms with Crippen LogP contribution in [-0.4, -0.2) is 53.4 Å². The first-order chi connectivity index (χ1) is 14.0. The Morgan fingerprint density at radius 1 is 1.10 bits per heavy atom. The summed E-state index contributed by atoms with van der Waals surface area (Å²) in [7, 11) is 0. The summed E-state index contributed by atoms with van der Waals surface area (Å²) < 4.78 is 11.6. The van der Waals surface area contributed by atoms with Crippen molar-refractivity contribution in [2.24, 2.45) is 11.7 Å². The van der Waals surface area contributed by atoms with Crippen LogP contribution in [-0.2, 0) is 0 Å². The van der Waals surface area contributed by atoms with Gasteiger partial charge in [-0.2, -0.15) is 4.98 Å². The van der Waals surface area contributed by atoms with Crippen molar-refractivity contribution in [2.75, 3.05) is 36.0 Å². The van der Waals surface area contributed by atoms with Gasteiger partial charge in [0.1, 0.15) is 11.6 Å². The Morgan fingerprint density at radius 3 is 2.45 bits per heavy atom. The molecule has 0 saturated carbocycles. The third kappa shape index (κ3) is 4.63. The summed E-state index contributed by atoms with van der Waals surface area (Å²) in [4.78, 5) is 13.5. The molecule has 2 N–H and O–H groups in total. The molecule has 2 atom stereocenters. The maximum Gasteiger partial charge on any atom is 0.324 e. The lowest BCUT2D eigenvalue weighted by Crippen LogP contribution is -2.38. The van der Waals surface area contributed by atoms with E-state index in [0.29, 0.717) is 11.9 Å². The van der Waals surface area contributed by atoms with Crippen molar-refractivity contribution in [1.82, 2.24) is 15.1 Å². The van der Waals surface area contributed by atoms with Crippen LogP contribution in [0.2, 0.25) is 0 Å². The molecule has 4 rings (SSSR count). The van der Waals surface area contributed by atoms with Crippen LogP contribution in [0.25, 0.3) is 0 Å². The molecule has 2 fully saturated rings. The zero-order chi connectivity index (χ0) is 20.4. The lowest BCUT2D eigenvalue weighted by molar-refractivity contribution is 0.131. The minimum atomic E-state index is 0.138. The standard InChI is InChI=1S/C21H32N6O2/c1-14(2)20-24-21(29-25-20)26-9-6-16(7-10-26)15(3)28-18-4-5-19(23-12-18)27-11-8-17(22)13-27/h4-5,12,14-17H,6-11,13,22H2,1-3H3. The number of hydrogen-bond acceptors (Lipinski definition) is 8. The summed E-state index contributed by atoms with van der Waals surface area (Å²) >= 11 is 0. The lowest BCUT2D eigenvalue weighted by atomic mass is 9.92. The molecule has 4 heterocycles. The van der Waals surface area contributed by atoms with Gasteiger partial charge in [-0.1, -0.05) is 19.0 Å². The van der Waals surface area contributed by atoms with E-state index in [1.165, 1.54) is 0 Å². The fourth-order valence-corrected chi connectivity index (χ4v) is 4.09. The predicted molar refractivity (Wildman–Crippen MR) is 112 cm³/mol. The van der Waals surface area contributed by atoms with E-state index in [0.717, 1.165) is 62.8 Å². The van der Waals surface area contributed by atoms with Gasteiger partial charge in [0.2, 0.25) is 0 Å². The van der Waals surface area contributed by atoms with Crippen LogP contribution in [0.5, 0.6) is 5.75 Å². The van der Waals surface area contributed by atoms with Gasteiger partial charge in [0.25, 0.3) is 0 Å². The van der Waals surface area contributed by atoms with Crippen LogP contribution >= 0.6 is 0 Å². The van der Waals surface area contributed by atoms with Gasteiger partial charge in [-0.15, -0.1) is 0 Å². The van der Waals surface area contributed by atoms with Crippen LogP contribution in [0.4, 0.5) is 11.8 Å². The minimum Gasteiger partial charge on any atom is -0.489 e. The van der Waals surface area contributed by atoms with Gasteiger partial charge in [-0.3, -0.25) is 0 Å². The van der Waals surface area contributed by atoms with Crippen LogP contribution in [0.3, 0.4) is 0 Å². The van der Waals surface area contributed by atoms with Crippen LogP contribution in [0.1, 0.15) is 51.8 Å². The average Bonchev–Trinajstić information content (AvgIpc) is 3.38. The largest absolute Gasteiger partial charge is 0.489 e. The van der Waals surface area contributed by atoms with Crippen molar-refractivity contribution in [3.8, 4) is 5.75 Å². The molecule has 29 heavy (non-hydrogen) atoms. The zero-order valence-electron chi connectivity index (χ0n) is 17.6. The Bertz CT molecular complexity index is 785. The summed E-state index contributed by atoms with van der Waals surface area (Å²) in [5, 5.41) is 4.07. The topological polar surface area (TPSA) is 93.5 Å². The molecule has 0 aromatic carbocycles. The van der Waals surface area contributed by atoms with Crippen LogP contribution < -0.4 is 20.3 Å². The molecule has 2 aromatic heterocycles. The number of nitrogens with two attached hydrogens (primary N) is 1. The van der Waals surface area contributed by atoms with E-state index in [1.807, 2.05) is 18.3 Å². The van der Waals surface area contributed by atoms with Gasteiger partial charge < -0.3 is 24.8 Å². The van der Waals surface area contributed by atoms with Crippen molar-refractivity contribution in [2.45, 2.75) is 58.1 Å². The highest BCUT2D eigenvalue weighted by Gasteiger charge is 2.28. The average molecular weight is 401 g/mol. The molecule has 158 valence electrons. The quantitative estimate of drug-likeness (QED) is 0.791. The van der Waals surface area contributed by atoms with E-state index in [-0.39, 0.29) is 18.1 Å². The molecule has 0 amide bonds. The highest BCUT2D eigenvalue weighted by Crippen LogP contribution is 2.28. The second kappa shape index (κ2) is 8.57. The number of ether oxygens (including phenoxy) is 1. The fraction of sp³-hybridized carbons (Fsp3) is 0.667. The molecule has 2 aromatic rings. The molecule has 0 bridgehead atoms. The van der Waals surface area contributed by atoms with Gasteiger partial charge in [0.05, 0.1) is 12.3 Å². The molecule has 0 aliphatic carbocycles. The number of hydrogen-bond donors (Lipinski definition) is 1. The number of anilines is 2. The van der Waals surface area contributed by atoms with Crippen LogP contribution in [0.15, 0.2) is 22.9 Å². The Balaban J connectivity index is 1.27. The molecule has 0 radical (unpaired) electrons. The normalized spacial score (nSPS) is 21.8. The van der Waals surface area contributed by atoms with E-state index in [2.05, 4.69) is 45.7 Å². The van der Waals surface area contributed by atoms with Crippen molar-refractivity contribution < 1.29 is 9.26 Å². The first-order valence-electron chi connectivity index (χ1n) is 10.7. The van der Waals surface area contributed by atoms with E-state index in [1.54, 1.807) is 0 Å². The monoisotopic (exact) mass is 400 g/mol. The Hall–Kier alpha value is -2.35. The predicted octanol–water partition coefficient (Wildman–Crippen LogP) is 2.81. The SMILES string of the molecule is CC(C)c1noc(N2CCC(C(C)Oc3ccc(N4CCC(N)C4)nc3)CC2)n1. The number of pyridine rings is 1. The van der Waals surface area contributed by atoms with E-state index in [4.69, 9.17) is 15.0 Å².